The van der Waals surface area contributed by atoms with E-state index >= 15 is 0 Å². The smallest absolute Gasteiger partial charge is 0.310 e. The second kappa shape index (κ2) is 9.12. The number of phenolic OH excluding ortho intramolecular Hbond substituents is 1. The van der Waals surface area contributed by atoms with Crippen LogP contribution >= 0.6 is 0 Å². The molecule has 1 N–H and O–H groups in total. The third-order valence-electron chi connectivity index (χ3n) is 4.70. The van der Waals surface area contributed by atoms with Gasteiger partial charge in [-0.2, -0.15) is 0 Å². The van der Waals surface area contributed by atoms with E-state index in [-0.39, 0.29) is 24.7 Å². The number of rotatable bonds is 6. The molecule has 7 nitrogen and oxygen atoms in total. The standard InChI is InChI=1S/C21H24N2O5/c1-27-19-5-3-2-4-18(19)22-10-12-23(13-11-22)20(25)15-28-21(26)14-16-6-8-17(24)9-7-16/h2-9,24H,10-15H2,1H3. The topological polar surface area (TPSA) is 79.3 Å². The van der Waals surface area contributed by atoms with E-state index in [1.165, 1.54) is 12.1 Å². The van der Waals surface area contributed by atoms with Crippen molar-refractivity contribution in [3.8, 4) is 11.5 Å². The van der Waals surface area contributed by atoms with Crippen LogP contribution in [-0.4, -0.2) is 61.8 Å². The normalized spacial score (nSPS) is 13.9. The number of hydrogen-bond donors (Lipinski definition) is 1. The quantitative estimate of drug-likeness (QED) is 0.766. The Bertz CT molecular complexity index is 814. The molecule has 0 bridgehead atoms. The van der Waals surface area contributed by atoms with Gasteiger partial charge in [-0.1, -0.05) is 24.3 Å². The number of piperazine rings is 1. The van der Waals surface area contributed by atoms with Gasteiger partial charge in [-0.3, -0.25) is 9.59 Å². The van der Waals surface area contributed by atoms with Crippen LogP contribution in [0, 0.1) is 0 Å². The summed E-state index contributed by atoms with van der Waals surface area (Å²) in [5, 5.41) is 9.26. The van der Waals surface area contributed by atoms with Gasteiger partial charge in [-0.25, -0.2) is 0 Å². The van der Waals surface area contributed by atoms with E-state index in [1.54, 1.807) is 24.1 Å². The monoisotopic (exact) mass is 384 g/mol. The predicted octanol–water partition coefficient (Wildman–Crippen LogP) is 1.84. The minimum atomic E-state index is -0.466. The van der Waals surface area contributed by atoms with Gasteiger partial charge in [-0.15, -0.1) is 0 Å². The number of ether oxygens (including phenoxy) is 2. The largest absolute Gasteiger partial charge is 0.508 e. The fourth-order valence-corrected chi connectivity index (χ4v) is 3.15. The summed E-state index contributed by atoms with van der Waals surface area (Å²) in [5.74, 6) is 0.287. The van der Waals surface area contributed by atoms with Crippen molar-refractivity contribution in [3.05, 3.63) is 54.1 Å². The zero-order chi connectivity index (χ0) is 19.9. The van der Waals surface area contributed by atoms with Gasteiger partial charge in [0.05, 0.1) is 19.2 Å². The second-order valence-corrected chi connectivity index (χ2v) is 6.54. The lowest BCUT2D eigenvalue weighted by molar-refractivity contribution is -0.151. The van der Waals surface area contributed by atoms with E-state index in [9.17, 15) is 14.7 Å². The molecule has 28 heavy (non-hydrogen) atoms. The molecule has 2 aromatic carbocycles. The second-order valence-electron chi connectivity index (χ2n) is 6.54. The van der Waals surface area contributed by atoms with E-state index in [1.807, 2.05) is 24.3 Å². The number of anilines is 1. The number of carbonyl (C=O) groups excluding carboxylic acids is 2. The van der Waals surface area contributed by atoms with E-state index in [0.29, 0.717) is 26.2 Å². The average Bonchev–Trinajstić information content (AvgIpc) is 2.73. The van der Waals surface area contributed by atoms with Gasteiger partial charge in [0.2, 0.25) is 0 Å². The van der Waals surface area contributed by atoms with Crippen molar-refractivity contribution >= 4 is 17.6 Å². The Morgan fingerprint density at radius 2 is 1.68 bits per heavy atom. The Morgan fingerprint density at radius 1 is 1.00 bits per heavy atom. The fourth-order valence-electron chi connectivity index (χ4n) is 3.15. The molecule has 1 amide bonds. The highest BCUT2D eigenvalue weighted by molar-refractivity contribution is 5.81. The average molecular weight is 384 g/mol. The lowest BCUT2D eigenvalue weighted by atomic mass is 10.1. The number of benzene rings is 2. The first-order valence-corrected chi connectivity index (χ1v) is 9.16. The lowest BCUT2D eigenvalue weighted by Gasteiger charge is -2.36. The summed E-state index contributed by atoms with van der Waals surface area (Å²) in [6, 6.07) is 14.1. The first kappa shape index (κ1) is 19.5. The Morgan fingerprint density at radius 3 is 2.36 bits per heavy atom. The molecule has 1 aliphatic heterocycles. The lowest BCUT2D eigenvalue weighted by Crippen LogP contribution is -2.50. The molecule has 1 fully saturated rings. The minimum Gasteiger partial charge on any atom is -0.508 e. The summed E-state index contributed by atoms with van der Waals surface area (Å²) in [6.45, 7) is 2.24. The number of hydrogen-bond acceptors (Lipinski definition) is 6. The van der Waals surface area contributed by atoms with E-state index in [2.05, 4.69) is 4.90 Å². The number of aromatic hydroxyl groups is 1. The maximum Gasteiger partial charge on any atom is 0.310 e. The van der Waals surface area contributed by atoms with Crippen molar-refractivity contribution < 1.29 is 24.2 Å². The molecule has 0 unspecified atom stereocenters. The van der Waals surface area contributed by atoms with Crippen LogP contribution in [0.3, 0.4) is 0 Å². The highest BCUT2D eigenvalue weighted by atomic mass is 16.5. The SMILES string of the molecule is COc1ccccc1N1CCN(C(=O)COC(=O)Cc2ccc(O)cc2)CC1. The Hall–Kier alpha value is -3.22. The van der Waals surface area contributed by atoms with Gasteiger partial charge >= 0.3 is 5.97 Å². The highest BCUT2D eigenvalue weighted by Gasteiger charge is 2.23. The third kappa shape index (κ3) is 4.94. The van der Waals surface area contributed by atoms with Crippen LogP contribution in [0.2, 0.25) is 0 Å². The molecule has 0 aliphatic carbocycles. The molecular weight excluding hydrogens is 360 g/mol. The van der Waals surface area contributed by atoms with Gasteiger partial charge in [-0.05, 0) is 29.8 Å². The molecule has 0 spiro atoms. The number of nitrogens with zero attached hydrogens (tertiary/aromatic N) is 2. The maximum absolute atomic E-state index is 12.3. The van der Waals surface area contributed by atoms with Crippen LogP contribution in [0.5, 0.6) is 11.5 Å². The number of phenols is 1. The van der Waals surface area contributed by atoms with Crippen LogP contribution < -0.4 is 9.64 Å². The zero-order valence-corrected chi connectivity index (χ0v) is 15.8. The summed E-state index contributed by atoms with van der Waals surface area (Å²) >= 11 is 0. The van der Waals surface area contributed by atoms with E-state index in [0.717, 1.165) is 17.0 Å². The van der Waals surface area contributed by atoms with Crippen LogP contribution in [0.25, 0.3) is 0 Å². The van der Waals surface area contributed by atoms with Crippen LogP contribution in [0.4, 0.5) is 5.69 Å². The first-order valence-electron chi connectivity index (χ1n) is 9.16. The van der Waals surface area contributed by atoms with E-state index < -0.39 is 5.97 Å². The molecule has 0 atom stereocenters. The molecule has 1 saturated heterocycles. The van der Waals surface area contributed by atoms with Crippen molar-refractivity contribution in [3.63, 3.8) is 0 Å². The minimum absolute atomic E-state index is 0.0646. The molecule has 0 aromatic heterocycles. The van der Waals surface area contributed by atoms with Crippen molar-refractivity contribution in [2.24, 2.45) is 0 Å². The Balaban J connectivity index is 1.45. The van der Waals surface area contributed by atoms with Gasteiger partial charge < -0.3 is 24.4 Å². The number of para-hydroxylation sites is 2. The first-order chi connectivity index (χ1) is 13.6. The van der Waals surface area contributed by atoms with Crippen molar-refractivity contribution in [2.75, 3.05) is 44.8 Å². The summed E-state index contributed by atoms with van der Waals surface area (Å²) < 4.78 is 10.5. The molecule has 1 heterocycles. The Kier molecular flexibility index (Phi) is 6.37. The molecule has 148 valence electrons. The summed E-state index contributed by atoms with van der Waals surface area (Å²) in [7, 11) is 1.64. The molecule has 0 radical (unpaired) electrons. The molecule has 2 aromatic rings. The third-order valence-corrected chi connectivity index (χ3v) is 4.70. The van der Waals surface area contributed by atoms with Crippen molar-refractivity contribution in [1.82, 2.24) is 4.90 Å². The molecule has 7 heteroatoms. The fraction of sp³-hybridized carbons (Fsp3) is 0.333. The summed E-state index contributed by atoms with van der Waals surface area (Å²) in [4.78, 5) is 28.1. The molecular formula is C21H24N2O5. The zero-order valence-electron chi connectivity index (χ0n) is 15.8. The van der Waals surface area contributed by atoms with Gasteiger partial charge in [0.1, 0.15) is 11.5 Å². The Labute approximate surface area is 164 Å². The highest BCUT2D eigenvalue weighted by Crippen LogP contribution is 2.28. The number of esters is 1. The molecule has 3 rings (SSSR count). The predicted molar refractivity (Wildman–Crippen MR) is 105 cm³/mol. The molecule has 1 aliphatic rings. The van der Waals surface area contributed by atoms with E-state index in [4.69, 9.17) is 9.47 Å². The van der Waals surface area contributed by atoms with Crippen molar-refractivity contribution in [1.29, 1.82) is 0 Å². The van der Waals surface area contributed by atoms with Gasteiger partial charge in [0, 0.05) is 26.2 Å². The number of amides is 1. The van der Waals surface area contributed by atoms with Crippen LogP contribution in [-0.2, 0) is 20.7 Å². The number of methoxy groups -OCH3 is 1. The van der Waals surface area contributed by atoms with Gasteiger partial charge in [0.15, 0.2) is 6.61 Å². The summed E-state index contributed by atoms with van der Waals surface area (Å²) in [6.07, 6.45) is 0.0646. The van der Waals surface area contributed by atoms with Crippen LogP contribution in [0.1, 0.15) is 5.56 Å². The maximum atomic E-state index is 12.3. The summed E-state index contributed by atoms with van der Waals surface area (Å²) in [5.41, 5.74) is 1.73. The molecule has 0 saturated carbocycles. The number of carbonyl (C=O) groups is 2. The van der Waals surface area contributed by atoms with Crippen molar-refractivity contribution in [2.45, 2.75) is 6.42 Å². The van der Waals surface area contributed by atoms with Gasteiger partial charge in [0.25, 0.3) is 5.91 Å². The van der Waals surface area contributed by atoms with Crippen LogP contribution in [0.15, 0.2) is 48.5 Å².